The molecule has 16 aromatic rings. The van der Waals surface area contributed by atoms with Gasteiger partial charge in [-0.15, -0.1) is 0 Å². The lowest BCUT2D eigenvalue weighted by atomic mass is 9.87. The molecule has 0 fully saturated rings. The molecule has 0 N–H and O–H groups in total. The van der Waals surface area contributed by atoms with Crippen molar-refractivity contribution in [3.63, 3.8) is 0 Å². The molecule has 8 heteroatoms. The number of fused-ring (bicyclic) bond motifs is 2. The van der Waals surface area contributed by atoms with Crippen molar-refractivity contribution in [2.45, 2.75) is 202 Å². The quantitative estimate of drug-likeness (QED) is 0.129. The molecule has 0 saturated carbocycles. The average Bonchev–Trinajstić information content (AvgIpc) is 0.823. The molecular weight excluding hydrogens is 1740 g/mol. The summed E-state index contributed by atoms with van der Waals surface area (Å²) in [5.41, 5.74) is 25.2. The molecule has 0 aromatic heterocycles. The summed E-state index contributed by atoms with van der Waals surface area (Å²) in [6.07, 6.45) is 4.97. The lowest BCUT2D eigenvalue weighted by Gasteiger charge is -2.18. The first-order chi connectivity index (χ1) is 64.4. The molecule has 16 rings (SSSR count). The van der Waals surface area contributed by atoms with Gasteiger partial charge in [0, 0.05) is 20.9 Å². The van der Waals surface area contributed by atoms with Crippen LogP contribution < -0.4 is 23.7 Å². The van der Waals surface area contributed by atoms with Gasteiger partial charge < -0.3 is 23.7 Å². The highest BCUT2D eigenvalue weighted by Gasteiger charge is 2.12. The van der Waals surface area contributed by atoms with Crippen LogP contribution in [0.25, 0.3) is 21.5 Å². The Bertz CT molecular complexity index is 5670. The zero-order valence-electron chi connectivity index (χ0n) is 86.4. The number of unbranched alkanes of at least 4 members (excludes halogenated alkanes) is 1. The second-order valence-electron chi connectivity index (χ2n) is 35.2. The van der Waals surface area contributed by atoms with E-state index in [0.717, 1.165) is 55.8 Å². The number of rotatable bonds is 11. The van der Waals surface area contributed by atoms with Gasteiger partial charge in [-0.05, 0) is 279 Å². The van der Waals surface area contributed by atoms with Crippen LogP contribution in [0.15, 0.2) is 375 Å². The van der Waals surface area contributed by atoms with E-state index in [2.05, 4.69) is 360 Å². The van der Waals surface area contributed by atoms with Crippen LogP contribution in [0.3, 0.4) is 0 Å². The highest BCUT2D eigenvalue weighted by atomic mass is 79.9. The second-order valence-corrected chi connectivity index (χ2v) is 36.5. The van der Waals surface area contributed by atoms with Crippen molar-refractivity contribution in [2.24, 2.45) is 0 Å². The van der Waals surface area contributed by atoms with Crippen molar-refractivity contribution in [3.05, 3.63) is 491 Å². The van der Waals surface area contributed by atoms with Gasteiger partial charge in [-0.3, -0.25) is 0 Å². The van der Waals surface area contributed by atoms with Crippen LogP contribution in [0.1, 0.15) is 193 Å². The molecule has 0 spiro atoms. The zero-order chi connectivity index (χ0) is 100. The first kappa shape index (κ1) is 117. The van der Waals surface area contributed by atoms with E-state index in [4.69, 9.17) is 35.3 Å². The van der Waals surface area contributed by atoms with Gasteiger partial charge in [0.25, 0.3) is 0 Å². The van der Waals surface area contributed by atoms with Crippen LogP contribution in [0.5, 0.6) is 28.7 Å². The Kier molecular flexibility index (Phi) is 58.0. The predicted octanol–water partition coefficient (Wildman–Crippen LogP) is 37.3. The summed E-state index contributed by atoms with van der Waals surface area (Å²) in [5.74, 6) is 5.61. The standard InChI is InChI=1S/C12H12O.C11H10.2C11H16.2C10H14.C9H12O2.C9H12.2C8H10O.C7H7Br.C7H7Cl.C7H7F.C7H8/c1-9-7-10-5-3-4-6-11(10)12(8-9)13-2;1-9-6-7-10-4-2-3-5-11(10)8-9;1-9-5-7-10(8-6-9)11(2,3)4;1-3-4-7-11-8-5-6-10(2)9-11;1-8(2)10-6-4-9(3)5-7-10;1-8(2)10-6-4-5-9(3)7-10;1-7-4-8(10-2)6-9(5-7)11-3;1-3-9-6-4-5-8(2)7-9;1-7-3-5-8(9-2)6-4-7;1-7-4-3-5-8(6-7)9-2;2*1-6-2-4-7(8)5-3-6;1-6-3-2-4-7(8)5-6;1-7-5-3-2-4-6-7/h3-8H,1-2H3;2-8H,1H3;5-8H,1-4H3;5-6,8-9H,3-4,7H2,1-2H3;2*4-8H,1-3H3;4-6H,1-3H3;4-7H,3H2,1-2H3;2*3-6H,1-2H3;3*2-5H,1H3;2-6H,1H3. The molecular formula is C127H155BrClFO5. The van der Waals surface area contributed by atoms with Gasteiger partial charge in [-0.1, -0.05) is 437 Å². The van der Waals surface area contributed by atoms with Gasteiger partial charge in [0.1, 0.15) is 34.6 Å². The number of benzene rings is 16. The lowest BCUT2D eigenvalue weighted by molar-refractivity contribution is 0.394. The molecule has 0 atom stereocenters. The van der Waals surface area contributed by atoms with E-state index < -0.39 is 0 Å². The largest absolute Gasteiger partial charge is 0.497 e. The average molecular weight is 1900 g/mol. The first-order valence-electron chi connectivity index (χ1n) is 46.8. The Balaban J connectivity index is 0.000000375. The maximum atomic E-state index is 12.2. The van der Waals surface area contributed by atoms with E-state index in [1.54, 1.807) is 41.6 Å². The molecule has 0 aliphatic rings. The summed E-state index contributed by atoms with van der Waals surface area (Å²) < 4.78 is 38.7. The third-order valence-corrected chi connectivity index (χ3v) is 21.6. The highest BCUT2D eigenvalue weighted by molar-refractivity contribution is 9.10. The maximum absolute atomic E-state index is 12.2. The van der Waals surface area contributed by atoms with Crippen molar-refractivity contribution in [1.82, 2.24) is 0 Å². The van der Waals surface area contributed by atoms with Gasteiger partial charge in [0.05, 0.1) is 35.5 Å². The van der Waals surface area contributed by atoms with E-state index in [1.807, 2.05) is 167 Å². The Morgan fingerprint density at radius 2 is 0.667 bits per heavy atom. The van der Waals surface area contributed by atoms with Crippen LogP contribution in [0.4, 0.5) is 4.39 Å². The molecule has 5 nitrogen and oxygen atoms in total. The molecule has 0 unspecified atom stereocenters. The Labute approximate surface area is 828 Å². The summed E-state index contributed by atoms with van der Waals surface area (Å²) >= 11 is 8.96. The highest BCUT2D eigenvalue weighted by Crippen LogP contribution is 2.28. The van der Waals surface area contributed by atoms with Crippen molar-refractivity contribution in [3.8, 4) is 28.7 Å². The SMILES string of the molecule is CCCCc1cccc(C)c1.CCc1cccc(C)c1.COc1cc(C)cc(OC)c1.COc1cc(C)cc2ccccc12.COc1ccc(C)cc1.COc1cccc(C)c1.Cc1ccc(Br)cc1.Cc1ccc(C(C)(C)C)cc1.Cc1ccc(C(C)C)cc1.Cc1ccc(Cl)cc1.Cc1ccc2ccccc2c1.Cc1cccc(C(C)C)c1.Cc1cccc(F)c1.Cc1ccccc1. The monoisotopic (exact) mass is 1890 g/mol. The van der Waals surface area contributed by atoms with E-state index in [-0.39, 0.29) is 11.2 Å². The third-order valence-electron chi connectivity index (χ3n) is 20.8. The van der Waals surface area contributed by atoms with E-state index in [0.29, 0.717) is 11.8 Å². The Morgan fingerprint density at radius 3 is 1.07 bits per heavy atom. The molecule has 0 radical (unpaired) electrons. The van der Waals surface area contributed by atoms with Gasteiger partial charge in [0.2, 0.25) is 0 Å². The normalized spacial score (nSPS) is 9.84. The summed E-state index contributed by atoms with van der Waals surface area (Å²) in [5, 5.41) is 5.86. The molecule has 135 heavy (non-hydrogen) atoms. The maximum Gasteiger partial charge on any atom is 0.126 e. The van der Waals surface area contributed by atoms with Crippen molar-refractivity contribution in [1.29, 1.82) is 0 Å². The minimum atomic E-state index is -0.162. The van der Waals surface area contributed by atoms with Crippen molar-refractivity contribution < 1.29 is 28.1 Å². The first-order valence-corrected chi connectivity index (χ1v) is 48.0. The van der Waals surface area contributed by atoms with E-state index in [9.17, 15) is 4.39 Å². The zero-order valence-corrected chi connectivity index (χ0v) is 88.7. The number of aryl methyl sites for hydroxylation is 16. The molecule has 0 bridgehead atoms. The van der Waals surface area contributed by atoms with Crippen molar-refractivity contribution in [2.75, 3.05) is 35.5 Å². The number of methoxy groups -OCH3 is 5. The van der Waals surface area contributed by atoms with Crippen LogP contribution in [0.2, 0.25) is 5.02 Å². The topological polar surface area (TPSA) is 46.2 Å². The smallest absolute Gasteiger partial charge is 0.126 e. The Morgan fingerprint density at radius 1 is 0.289 bits per heavy atom. The molecule has 0 aliphatic heterocycles. The fourth-order valence-corrected chi connectivity index (χ4v) is 13.1. The fraction of sp³-hybridized carbons (Fsp3) is 0.276. The molecule has 16 aromatic carbocycles. The third kappa shape index (κ3) is 53.4. The minimum absolute atomic E-state index is 0.162. The van der Waals surface area contributed by atoms with Crippen LogP contribution in [-0.2, 0) is 18.3 Å². The summed E-state index contributed by atoms with van der Waals surface area (Å²) in [4.78, 5) is 0. The second kappa shape index (κ2) is 67.0. The minimum Gasteiger partial charge on any atom is -0.497 e. The summed E-state index contributed by atoms with van der Waals surface area (Å²) in [6.45, 7) is 49.0. The number of ether oxygens (including phenoxy) is 5. The van der Waals surface area contributed by atoms with E-state index >= 15 is 0 Å². The van der Waals surface area contributed by atoms with Crippen LogP contribution in [0, 0.1) is 103 Å². The number of halogens is 3. The summed E-state index contributed by atoms with van der Waals surface area (Å²) in [6, 6.07) is 125. The fourth-order valence-electron chi connectivity index (χ4n) is 12.7. The molecule has 0 aliphatic carbocycles. The van der Waals surface area contributed by atoms with Crippen molar-refractivity contribution >= 4 is 49.1 Å². The van der Waals surface area contributed by atoms with Gasteiger partial charge >= 0.3 is 0 Å². The van der Waals surface area contributed by atoms with Gasteiger partial charge in [-0.2, -0.15) is 0 Å². The van der Waals surface area contributed by atoms with E-state index in [1.165, 1.54) is 148 Å². The molecule has 714 valence electrons. The number of hydrogen-bond acceptors (Lipinski definition) is 5. The number of hydrogen-bond donors (Lipinski definition) is 0. The molecule has 0 amide bonds. The van der Waals surface area contributed by atoms with Crippen LogP contribution in [-0.4, -0.2) is 35.5 Å². The van der Waals surface area contributed by atoms with Gasteiger partial charge in [-0.25, -0.2) is 4.39 Å². The molecule has 0 heterocycles. The Hall–Kier alpha value is -12.3. The molecule has 0 saturated heterocycles. The lowest BCUT2D eigenvalue weighted by Crippen LogP contribution is -2.10. The van der Waals surface area contributed by atoms with Crippen LogP contribution >= 0.6 is 27.5 Å². The summed E-state index contributed by atoms with van der Waals surface area (Å²) in [7, 11) is 8.35. The predicted molar refractivity (Wildman–Crippen MR) is 592 cm³/mol. The van der Waals surface area contributed by atoms with Gasteiger partial charge in [0.15, 0.2) is 0 Å².